The summed E-state index contributed by atoms with van der Waals surface area (Å²) < 4.78 is 65.2. The number of hydrogen-bond donors (Lipinski definition) is 0. The summed E-state index contributed by atoms with van der Waals surface area (Å²) in [5.74, 6) is -8.09. The van der Waals surface area contributed by atoms with E-state index >= 15 is 0 Å². The van der Waals surface area contributed by atoms with Crippen LogP contribution in [0, 0.1) is 3.57 Å². The van der Waals surface area contributed by atoms with Crippen molar-refractivity contribution >= 4 is 28.6 Å². The van der Waals surface area contributed by atoms with Crippen LogP contribution in [-0.4, -0.2) is 18.1 Å². The molecule has 0 saturated carbocycles. The Bertz CT molecular complexity index is 427. The minimum Gasteiger partial charge on any atom is -0.456 e. The molecule has 8 heteroatoms. The van der Waals surface area contributed by atoms with E-state index < -0.39 is 24.7 Å². The van der Waals surface area contributed by atoms with E-state index in [1.807, 2.05) is 22.6 Å². The smallest absolute Gasteiger partial charge is 0.456 e. The minimum absolute atomic E-state index is 0.321. The van der Waals surface area contributed by atoms with Gasteiger partial charge in [-0.25, -0.2) is 4.79 Å². The largest absolute Gasteiger partial charge is 0.465 e. The molecule has 18 heavy (non-hydrogen) atoms. The van der Waals surface area contributed by atoms with Gasteiger partial charge in [0.05, 0.1) is 0 Å². The molecule has 0 bridgehead atoms. The highest BCUT2D eigenvalue weighted by Gasteiger charge is 2.64. The van der Waals surface area contributed by atoms with Gasteiger partial charge in [-0.2, -0.15) is 22.0 Å². The number of carbonyl (C=O) groups excluding carboxylic acids is 1. The molecular formula is C10H6F5IO2. The van der Waals surface area contributed by atoms with Crippen LogP contribution in [0.2, 0.25) is 0 Å². The van der Waals surface area contributed by atoms with Gasteiger partial charge in [-0.3, -0.25) is 0 Å². The molecule has 0 atom stereocenters. The summed E-state index contributed by atoms with van der Waals surface area (Å²) in [5, 5.41) is 0. The Balaban J connectivity index is 2.64. The lowest BCUT2D eigenvalue weighted by Gasteiger charge is -2.17. The lowest BCUT2D eigenvalue weighted by Crippen LogP contribution is -2.45. The molecule has 0 aliphatic carbocycles. The highest BCUT2D eigenvalue weighted by Crippen LogP contribution is 2.36. The highest BCUT2D eigenvalue weighted by atomic mass is 127. The van der Waals surface area contributed by atoms with Crippen LogP contribution in [0.15, 0.2) is 24.3 Å². The van der Waals surface area contributed by atoms with Gasteiger partial charge in [-0.05, 0) is 40.3 Å². The molecule has 1 aromatic carbocycles. The Morgan fingerprint density at radius 2 is 1.61 bits per heavy atom. The van der Waals surface area contributed by atoms with Gasteiger partial charge in [-0.15, -0.1) is 0 Å². The molecule has 0 N–H and O–H groups in total. The number of carbonyl (C=O) groups is 1. The fourth-order valence-electron chi connectivity index (χ4n) is 0.936. The van der Waals surface area contributed by atoms with Crippen LogP contribution in [0.5, 0.6) is 0 Å². The Morgan fingerprint density at radius 1 is 1.11 bits per heavy atom. The van der Waals surface area contributed by atoms with Crippen molar-refractivity contribution in [1.82, 2.24) is 0 Å². The monoisotopic (exact) mass is 380 g/mol. The molecule has 0 radical (unpaired) electrons. The Morgan fingerprint density at radius 3 is 2.06 bits per heavy atom. The highest BCUT2D eigenvalue weighted by molar-refractivity contribution is 14.1. The average molecular weight is 380 g/mol. The summed E-state index contributed by atoms with van der Waals surface area (Å²) in [6, 6.07) is 6.12. The molecule has 0 saturated heterocycles. The van der Waals surface area contributed by atoms with E-state index in [-0.39, 0.29) is 0 Å². The van der Waals surface area contributed by atoms with E-state index in [1.54, 1.807) is 12.1 Å². The zero-order valence-electron chi connectivity index (χ0n) is 8.60. The molecule has 0 fully saturated rings. The number of alkyl halides is 5. The molecule has 0 aromatic heterocycles. The van der Waals surface area contributed by atoms with Crippen molar-refractivity contribution in [2.45, 2.75) is 18.7 Å². The number of esters is 1. The summed E-state index contributed by atoms with van der Waals surface area (Å²) in [5.41, 5.74) is 0.321. The van der Waals surface area contributed by atoms with Crippen molar-refractivity contribution in [3.8, 4) is 0 Å². The molecular weight excluding hydrogens is 374 g/mol. The van der Waals surface area contributed by atoms with E-state index in [2.05, 4.69) is 4.74 Å². The standard InChI is InChI=1S/C10H6F5IO2/c11-9(12,10(13,14)15)8(17)18-5-6-1-3-7(16)4-2-6/h1-4H,5H2. The minimum atomic E-state index is -5.95. The second kappa shape index (κ2) is 5.37. The third kappa shape index (κ3) is 3.53. The molecule has 100 valence electrons. The molecule has 0 amide bonds. The first-order valence-corrected chi connectivity index (χ1v) is 5.58. The van der Waals surface area contributed by atoms with Crippen molar-refractivity contribution in [3.05, 3.63) is 33.4 Å². The second-order valence-corrected chi connectivity index (χ2v) is 4.52. The average Bonchev–Trinajstić information content (AvgIpc) is 2.26. The van der Waals surface area contributed by atoms with Crippen molar-refractivity contribution < 1.29 is 31.5 Å². The van der Waals surface area contributed by atoms with Crippen LogP contribution in [0.3, 0.4) is 0 Å². The van der Waals surface area contributed by atoms with E-state index in [4.69, 9.17) is 0 Å². The molecule has 0 aliphatic rings. The molecule has 2 nitrogen and oxygen atoms in total. The van der Waals surface area contributed by atoms with Crippen molar-refractivity contribution in [1.29, 1.82) is 0 Å². The lowest BCUT2D eigenvalue weighted by atomic mass is 10.2. The Kier molecular flexibility index (Phi) is 4.51. The van der Waals surface area contributed by atoms with Crippen molar-refractivity contribution in [3.63, 3.8) is 0 Å². The lowest BCUT2D eigenvalue weighted by molar-refractivity contribution is -0.281. The Hall–Kier alpha value is -0.930. The first kappa shape index (κ1) is 15.1. The van der Waals surface area contributed by atoms with Crippen molar-refractivity contribution in [2.75, 3.05) is 0 Å². The summed E-state index contributed by atoms with van der Waals surface area (Å²) in [4.78, 5) is 10.7. The molecule has 0 aliphatic heterocycles. The number of benzene rings is 1. The van der Waals surface area contributed by atoms with Crippen LogP contribution in [0.1, 0.15) is 5.56 Å². The maximum atomic E-state index is 12.5. The molecule has 0 unspecified atom stereocenters. The first-order chi connectivity index (χ1) is 8.14. The third-order valence-corrected chi connectivity index (χ3v) is 2.61. The normalized spacial score (nSPS) is 12.3. The Labute approximate surface area is 112 Å². The van der Waals surface area contributed by atoms with Gasteiger partial charge in [0.15, 0.2) is 0 Å². The molecule has 1 rings (SSSR count). The number of halogens is 6. The maximum absolute atomic E-state index is 12.5. The van der Waals surface area contributed by atoms with Gasteiger partial charge < -0.3 is 4.74 Å². The van der Waals surface area contributed by atoms with Gasteiger partial charge >= 0.3 is 18.1 Å². The predicted octanol–water partition coefficient (Wildman–Crippen LogP) is 3.53. The zero-order valence-corrected chi connectivity index (χ0v) is 10.8. The summed E-state index contributed by atoms with van der Waals surface area (Å²) in [6.07, 6.45) is -5.95. The van der Waals surface area contributed by atoms with Crippen LogP contribution in [0.25, 0.3) is 0 Å². The maximum Gasteiger partial charge on any atom is 0.465 e. The quantitative estimate of drug-likeness (QED) is 0.456. The van der Waals surface area contributed by atoms with Gasteiger partial charge in [0.1, 0.15) is 6.61 Å². The van der Waals surface area contributed by atoms with Gasteiger partial charge in [0.25, 0.3) is 0 Å². The van der Waals surface area contributed by atoms with Crippen LogP contribution >= 0.6 is 22.6 Å². The third-order valence-electron chi connectivity index (χ3n) is 1.90. The van der Waals surface area contributed by atoms with E-state index in [9.17, 15) is 26.7 Å². The molecule has 1 aromatic rings. The molecule has 0 spiro atoms. The van der Waals surface area contributed by atoms with Crippen LogP contribution in [0.4, 0.5) is 22.0 Å². The number of rotatable bonds is 3. The van der Waals surface area contributed by atoms with Crippen molar-refractivity contribution in [2.24, 2.45) is 0 Å². The predicted molar refractivity (Wildman–Crippen MR) is 60.0 cm³/mol. The molecule has 0 heterocycles. The topological polar surface area (TPSA) is 26.3 Å². The van der Waals surface area contributed by atoms with E-state index in [0.29, 0.717) is 5.56 Å². The first-order valence-electron chi connectivity index (χ1n) is 4.51. The van der Waals surface area contributed by atoms with E-state index in [0.717, 1.165) is 3.57 Å². The van der Waals surface area contributed by atoms with Crippen LogP contribution in [-0.2, 0) is 16.1 Å². The second-order valence-electron chi connectivity index (χ2n) is 3.27. The fraction of sp³-hybridized carbons (Fsp3) is 0.300. The summed E-state index contributed by atoms with van der Waals surface area (Å²) >= 11 is 1.99. The van der Waals surface area contributed by atoms with Gasteiger partial charge in [0, 0.05) is 3.57 Å². The SMILES string of the molecule is O=C(OCc1ccc(I)cc1)C(F)(F)C(F)(F)F. The summed E-state index contributed by atoms with van der Waals surface area (Å²) in [7, 11) is 0. The van der Waals surface area contributed by atoms with Crippen LogP contribution < -0.4 is 0 Å². The number of hydrogen-bond acceptors (Lipinski definition) is 2. The zero-order chi connectivity index (χ0) is 14.0. The van der Waals surface area contributed by atoms with Gasteiger partial charge in [0.2, 0.25) is 0 Å². The fourth-order valence-corrected chi connectivity index (χ4v) is 1.30. The summed E-state index contributed by atoms with van der Waals surface area (Å²) in [6.45, 7) is -0.637. The van der Waals surface area contributed by atoms with E-state index in [1.165, 1.54) is 12.1 Å². The van der Waals surface area contributed by atoms with Gasteiger partial charge in [-0.1, -0.05) is 12.1 Å². The number of ether oxygens (including phenoxy) is 1.